The Morgan fingerprint density at radius 1 is 1.26 bits per heavy atom. The fraction of sp³-hybridized carbons (Fsp3) is 0.0769. The number of ether oxygens (including phenoxy) is 1. The van der Waals surface area contributed by atoms with Crippen LogP contribution < -0.4 is 10.1 Å². The minimum absolute atomic E-state index is 0.100. The standard InChI is InChI=1S/C13H11N3O3/c1-9(18)16-11-4-2-3-5-12(11)19-13-14-6-10(8-17)7-15-13/h2-8H,1H3,(H,16,18). The highest BCUT2D eigenvalue weighted by Crippen LogP contribution is 2.27. The third-order valence-electron chi connectivity index (χ3n) is 2.18. The van der Waals surface area contributed by atoms with Crippen LogP contribution >= 0.6 is 0 Å². The number of nitrogens with one attached hydrogen (secondary N) is 1. The first kappa shape index (κ1) is 12.7. The number of aromatic nitrogens is 2. The molecule has 0 unspecified atom stereocenters. The monoisotopic (exact) mass is 257 g/mol. The highest BCUT2D eigenvalue weighted by atomic mass is 16.5. The van der Waals surface area contributed by atoms with E-state index in [0.717, 1.165) is 0 Å². The van der Waals surface area contributed by atoms with Gasteiger partial charge in [-0.05, 0) is 12.1 Å². The molecule has 0 aliphatic rings. The molecule has 2 rings (SSSR count). The Labute approximate surface area is 109 Å². The summed E-state index contributed by atoms with van der Waals surface area (Å²) in [6.07, 6.45) is 3.36. The Morgan fingerprint density at radius 2 is 1.95 bits per heavy atom. The van der Waals surface area contributed by atoms with E-state index in [4.69, 9.17) is 4.74 Å². The van der Waals surface area contributed by atoms with Gasteiger partial charge in [0.2, 0.25) is 5.91 Å². The number of nitrogens with zero attached hydrogens (tertiary/aromatic N) is 2. The summed E-state index contributed by atoms with van der Waals surface area (Å²) in [6.45, 7) is 1.41. The van der Waals surface area contributed by atoms with E-state index in [9.17, 15) is 9.59 Å². The van der Waals surface area contributed by atoms with Crippen molar-refractivity contribution in [2.24, 2.45) is 0 Å². The Kier molecular flexibility index (Phi) is 3.82. The average Bonchev–Trinajstić information content (AvgIpc) is 2.41. The predicted octanol–water partition coefficient (Wildman–Crippen LogP) is 2.04. The molecule has 96 valence electrons. The van der Waals surface area contributed by atoms with Crippen LogP contribution in [-0.4, -0.2) is 22.2 Å². The molecule has 2 aromatic rings. The zero-order chi connectivity index (χ0) is 13.7. The molecule has 1 aromatic heterocycles. The lowest BCUT2D eigenvalue weighted by Crippen LogP contribution is -2.07. The molecule has 0 atom stereocenters. The van der Waals surface area contributed by atoms with Gasteiger partial charge in [0.1, 0.15) is 0 Å². The molecule has 1 amide bonds. The predicted molar refractivity (Wildman–Crippen MR) is 68.2 cm³/mol. The summed E-state index contributed by atoms with van der Waals surface area (Å²) in [5.41, 5.74) is 0.889. The summed E-state index contributed by atoms with van der Waals surface area (Å²) in [5.74, 6) is 0.227. The molecule has 6 nitrogen and oxygen atoms in total. The molecule has 1 N–H and O–H groups in total. The maximum Gasteiger partial charge on any atom is 0.321 e. The second kappa shape index (κ2) is 5.72. The van der Waals surface area contributed by atoms with Crippen molar-refractivity contribution in [1.82, 2.24) is 9.97 Å². The minimum Gasteiger partial charge on any atom is -0.422 e. The quantitative estimate of drug-likeness (QED) is 0.847. The normalized spacial score (nSPS) is 9.74. The Morgan fingerprint density at radius 3 is 2.58 bits per heavy atom. The smallest absolute Gasteiger partial charge is 0.321 e. The zero-order valence-corrected chi connectivity index (χ0v) is 10.2. The number of anilines is 1. The molecular weight excluding hydrogens is 246 g/mol. The summed E-state index contributed by atoms with van der Waals surface area (Å²) in [6, 6.07) is 7.02. The number of hydrogen-bond acceptors (Lipinski definition) is 5. The summed E-state index contributed by atoms with van der Waals surface area (Å²) in [4.78, 5) is 29.3. The van der Waals surface area contributed by atoms with Crippen molar-refractivity contribution in [3.63, 3.8) is 0 Å². The molecule has 0 saturated carbocycles. The molecule has 1 aromatic carbocycles. The number of benzene rings is 1. The summed E-state index contributed by atoms with van der Waals surface area (Å²) in [5, 5.41) is 2.64. The van der Waals surface area contributed by atoms with E-state index < -0.39 is 0 Å². The van der Waals surface area contributed by atoms with Gasteiger partial charge in [-0.3, -0.25) is 9.59 Å². The lowest BCUT2D eigenvalue weighted by molar-refractivity contribution is -0.114. The lowest BCUT2D eigenvalue weighted by Gasteiger charge is -2.09. The van der Waals surface area contributed by atoms with Crippen molar-refractivity contribution in [3.8, 4) is 11.8 Å². The van der Waals surface area contributed by atoms with Crippen molar-refractivity contribution in [2.75, 3.05) is 5.32 Å². The molecule has 0 radical (unpaired) electrons. The number of carbonyl (C=O) groups excluding carboxylic acids is 2. The van der Waals surface area contributed by atoms with Crippen molar-refractivity contribution in [3.05, 3.63) is 42.2 Å². The van der Waals surface area contributed by atoms with Gasteiger partial charge < -0.3 is 10.1 Å². The molecule has 0 spiro atoms. The van der Waals surface area contributed by atoms with Crippen LogP contribution in [-0.2, 0) is 4.79 Å². The van der Waals surface area contributed by atoms with Crippen molar-refractivity contribution in [2.45, 2.75) is 6.92 Å². The van der Waals surface area contributed by atoms with Crippen LogP contribution in [0, 0.1) is 0 Å². The van der Waals surface area contributed by atoms with E-state index in [2.05, 4.69) is 15.3 Å². The highest BCUT2D eigenvalue weighted by molar-refractivity contribution is 5.90. The first-order valence-electron chi connectivity index (χ1n) is 5.51. The molecule has 0 aliphatic carbocycles. The van der Waals surface area contributed by atoms with Crippen LogP contribution in [0.3, 0.4) is 0 Å². The van der Waals surface area contributed by atoms with Gasteiger partial charge in [0.25, 0.3) is 0 Å². The number of para-hydroxylation sites is 2. The number of rotatable bonds is 4. The van der Waals surface area contributed by atoms with Gasteiger partial charge in [-0.2, -0.15) is 0 Å². The Hall–Kier alpha value is -2.76. The van der Waals surface area contributed by atoms with Crippen molar-refractivity contribution >= 4 is 17.9 Å². The molecule has 6 heteroatoms. The van der Waals surface area contributed by atoms with Crippen LogP contribution in [0.1, 0.15) is 17.3 Å². The number of hydrogen-bond donors (Lipinski definition) is 1. The highest BCUT2D eigenvalue weighted by Gasteiger charge is 2.07. The van der Waals surface area contributed by atoms with Crippen molar-refractivity contribution < 1.29 is 14.3 Å². The van der Waals surface area contributed by atoms with Gasteiger partial charge in [-0.1, -0.05) is 12.1 Å². The molecule has 1 heterocycles. The third-order valence-corrected chi connectivity index (χ3v) is 2.18. The summed E-state index contributed by atoms with van der Waals surface area (Å²) in [7, 11) is 0. The van der Waals surface area contributed by atoms with Crippen LogP contribution in [0.4, 0.5) is 5.69 Å². The maximum atomic E-state index is 11.1. The molecule has 0 saturated heterocycles. The second-order valence-electron chi connectivity index (χ2n) is 3.70. The van der Waals surface area contributed by atoms with Gasteiger partial charge in [-0.15, -0.1) is 0 Å². The summed E-state index contributed by atoms with van der Waals surface area (Å²) >= 11 is 0. The van der Waals surface area contributed by atoms with E-state index in [0.29, 0.717) is 23.3 Å². The average molecular weight is 257 g/mol. The minimum atomic E-state index is -0.201. The lowest BCUT2D eigenvalue weighted by atomic mass is 10.3. The van der Waals surface area contributed by atoms with E-state index in [1.165, 1.54) is 19.3 Å². The van der Waals surface area contributed by atoms with Gasteiger partial charge >= 0.3 is 6.01 Å². The first-order valence-corrected chi connectivity index (χ1v) is 5.51. The van der Waals surface area contributed by atoms with Crippen LogP contribution in [0.2, 0.25) is 0 Å². The van der Waals surface area contributed by atoms with E-state index >= 15 is 0 Å². The maximum absolute atomic E-state index is 11.1. The Bertz CT molecular complexity index is 596. The Balaban J connectivity index is 2.22. The molecule has 19 heavy (non-hydrogen) atoms. The van der Waals surface area contributed by atoms with E-state index in [1.807, 2.05) is 0 Å². The molecular formula is C13H11N3O3. The molecule has 0 bridgehead atoms. The second-order valence-corrected chi connectivity index (χ2v) is 3.70. The van der Waals surface area contributed by atoms with Crippen LogP contribution in [0.15, 0.2) is 36.7 Å². The fourth-order valence-corrected chi connectivity index (χ4v) is 1.39. The largest absolute Gasteiger partial charge is 0.422 e. The first-order chi connectivity index (χ1) is 9.19. The van der Waals surface area contributed by atoms with Crippen LogP contribution in [0.5, 0.6) is 11.8 Å². The SMILES string of the molecule is CC(=O)Nc1ccccc1Oc1ncc(C=O)cn1. The van der Waals surface area contributed by atoms with Gasteiger partial charge in [0.15, 0.2) is 12.0 Å². The third kappa shape index (κ3) is 3.35. The number of amides is 1. The van der Waals surface area contributed by atoms with Crippen molar-refractivity contribution in [1.29, 1.82) is 0 Å². The van der Waals surface area contributed by atoms with E-state index in [-0.39, 0.29) is 11.9 Å². The fourth-order valence-electron chi connectivity index (χ4n) is 1.39. The zero-order valence-electron chi connectivity index (χ0n) is 10.2. The number of carbonyl (C=O) groups is 2. The topological polar surface area (TPSA) is 81.2 Å². The molecule has 0 fully saturated rings. The number of aldehydes is 1. The van der Waals surface area contributed by atoms with E-state index in [1.54, 1.807) is 24.3 Å². The summed E-state index contributed by atoms with van der Waals surface area (Å²) < 4.78 is 5.46. The van der Waals surface area contributed by atoms with Gasteiger partial charge in [0.05, 0.1) is 11.3 Å². The van der Waals surface area contributed by atoms with Gasteiger partial charge in [-0.25, -0.2) is 9.97 Å². The molecule has 0 aliphatic heterocycles. The van der Waals surface area contributed by atoms with Crippen LogP contribution in [0.25, 0.3) is 0 Å². The van der Waals surface area contributed by atoms with Gasteiger partial charge in [0, 0.05) is 19.3 Å².